The highest BCUT2D eigenvalue weighted by molar-refractivity contribution is 5.49. The number of aromatic hydroxyl groups is 1. The van der Waals surface area contributed by atoms with Crippen molar-refractivity contribution in [3.63, 3.8) is 0 Å². The van der Waals surface area contributed by atoms with Crippen molar-refractivity contribution in [1.29, 1.82) is 0 Å². The number of methoxy groups -OCH3 is 1. The summed E-state index contributed by atoms with van der Waals surface area (Å²) in [6.45, 7) is 0. The summed E-state index contributed by atoms with van der Waals surface area (Å²) in [5, 5.41) is 9.83. The lowest BCUT2D eigenvalue weighted by molar-refractivity contribution is 0.373. The lowest BCUT2D eigenvalue weighted by Gasteiger charge is -2.19. The van der Waals surface area contributed by atoms with Crippen molar-refractivity contribution in [1.82, 2.24) is 0 Å². The monoisotopic (exact) mass is 290 g/mol. The Morgan fingerprint density at radius 1 is 0.727 bits per heavy atom. The molecule has 0 aliphatic heterocycles. The van der Waals surface area contributed by atoms with Crippen LogP contribution in [0.15, 0.2) is 78.9 Å². The van der Waals surface area contributed by atoms with Crippen LogP contribution in [0, 0.1) is 0 Å². The Hall–Kier alpha value is -2.74. The normalized spacial score (nSPS) is 10.6. The molecule has 0 aliphatic rings. The molecule has 110 valence electrons. The third kappa shape index (κ3) is 2.82. The van der Waals surface area contributed by atoms with Gasteiger partial charge in [0.25, 0.3) is 0 Å². The van der Waals surface area contributed by atoms with Crippen LogP contribution in [0.3, 0.4) is 0 Å². The van der Waals surface area contributed by atoms with Crippen molar-refractivity contribution in [2.24, 2.45) is 0 Å². The van der Waals surface area contributed by atoms with Crippen LogP contribution < -0.4 is 4.74 Å². The molecular weight excluding hydrogens is 272 g/mol. The third-order valence-corrected chi connectivity index (χ3v) is 3.80. The largest absolute Gasteiger partial charge is 0.504 e. The fraction of sp³-hybridized carbons (Fsp3) is 0.100. The van der Waals surface area contributed by atoms with Gasteiger partial charge in [-0.25, -0.2) is 0 Å². The van der Waals surface area contributed by atoms with Crippen LogP contribution in [-0.2, 0) is 0 Å². The molecule has 2 heteroatoms. The van der Waals surface area contributed by atoms with Crippen molar-refractivity contribution >= 4 is 0 Å². The van der Waals surface area contributed by atoms with Gasteiger partial charge < -0.3 is 9.84 Å². The highest BCUT2D eigenvalue weighted by Gasteiger charge is 2.17. The molecule has 0 aliphatic carbocycles. The molecule has 0 saturated heterocycles. The van der Waals surface area contributed by atoms with E-state index in [1.54, 1.807) is 13.2 Å². The van der Waals surface area contributed by atoms with Crippen LogP contribution in [0.1, 0.15) is 22.6 Å². The first-order valence-electron chi connectivity index (χ1n) is 7.26. The number of hydrogen-bond donors (Lipinski definition) is 1. The van der Waals surface area contributed by atoms with Crippen LogP contribution in [0.2, 0.25) is 0 Å². The maximum atomic E-state index is 9.83. The minimum atomic E-state index is 0.108. The van der Waals surface area contributed by atoms with Gasteiger partial charge in [-0.3, -0.25) is 0 Å². The zero-order valence-electron chi connectivity index (χ0n) is 12.4. The minimum Gasteiger partial charge on any atom is -0.504 e. The Morgan fingerprint density at radius 2 is 1.27 bits per heavy atom. The SMILES string of the molecule is COc1cc(C(c2ccccc2)c2ccccc2)ccc1O. The van der Waals surface area contributed by atoms with Gasteiger partial charge in [0.05, 0.1) is 7.11 Å². The smallest absolute Gasteiger partial charge is 0.160 e. The molecular formula is C20H18O2. The van der Waals surface area contributed by atoms with E-state index in [2.05, 4.69) is 24.3 Å². The van der Waals surface area contributed by atoms with E-state index < -0.39 is 0 Å². The number of phenolic OH excluding ortho intramolecular Hbond substituents is 1. The molecule has 0 saturated carbocycles. The van der Waals surface area contributed by atoms with Gasteiger partial charge in [-0.05, 0) is 28.8 Å². The van der Waals surface area contributed by atoms with E-state index in [0.717, 1.165) is 5.56 Å². The number of ether oxygens (including phenoxy) is 1. The van der Waals surface area contributed by atoms with E-state index in [1.165, 1.54) is 11.1 Å². The second-order valence-electron chi connectivity index (χ2n) is 5.19. The lowest BCUT2D eigenvalue weighted by atomic mass is 9.85. The van der Waals surface area contributed by atoms with E-state index in [1.807, 2.05) is 48.5 Å². The first-order valence-corrected chi connectivity index (χ1v) is 7.26. The van der Waals surface area contributed by atoms with Crippen molar-refractivity contribution in [2.75, 3.05) is 7.11 Å². The zero-order valence-corrected chi connectivity index (χ0v) is 12.4. The van der Waals surface area contributed by atoms with Crippen LogP contribution in [0.5, 0.6) is 11.5 Å². The third-order valence-electron chi connectivity index (χ3n) is 3.80. The summed E-state index contributed by atoms with van der Waals surface area (Å²) in [5.74, 6) is 0.761. The predicted octanol–water partition coefficient (Wildman–Crippen LogP) is 4.58. The fourth-order valence-corrected chi connectivity index (χ4v) is 2.74. The van der Waals surface area contributed by atoms with Crippen LogP contribution in [0.4, 0.5) is 0 Å². The standard InChI is InChI=1S/C20H18O2/c1-22-19-14-17(12-13-18(19)21)20(15-8-4-2-5-9-15)16-10-6-3-7-11-16/h2-14,20-21H,1H3. The maximum absolute atomic E-state index is 9.83. The summed E-state index contributed by atoms with van der Waals surface area (Å²) in [6.07, 6.45) is 0. The average molecular weight is 290 g/mol. The minimum absolute atomic E-state index is 0.108. The fourth-order valence-electron chi connectivity index (χ4n) is 2.74. The van der Waals surface area contributed by atoms with Gasteiger partial charge in [-0.2, -0.15) is 0 Å². The zero-order chi connectivity index (χ0) is 15.4. The Labute approximate surface area is 130 Å². The molecule has 0 radical (unpaired) electrons. The average Bonchev–Trinajstić information content (AvgIpc) is 2.58. The molecule has 3 aromatic rings. The molecule has 3 rings (SSSR count). The Morgan fingerprint density at radius 3 is 1.77 bits per heavy atom. The molecule has 0 fully saturated rings. The summed E-state index contributed by atoms with van der Waals surface area (Å²) >= 11 is 0. The Balaban J connectivity index is 2.14. The van der Waals surface area contributed by atoms with E-state index in [4.69, 9.17) is 4.74 Å². The molecule has 0 aromatic heterocycles. The molecule has 1 N–H and O–H groups in total. The van der Waals surface area contributed by atoms with Crippen LogP contribution in [-0.4, -0.2) is 12.2 Å². The van der Waals surface area contributed by atoms with E-state index in [9.17, 15) is 5.11 Å². The molecule has 0 unspecified atom stereocenters. The number of rotatable bonds is 4. The highest BCUT2D eigenvalue weighted by Crippen LogP contribution is 2.36. The second-order valence-corrected chi connectivity index (χ2v) is 5.19. The van der Waals surface area contributed by atoms with E-state index in [0.29, 0.717) is 5.75 Å². The molecule has 0 amide bonds. The number of phenols is 1. The molecule has 3 aromatic carbocycles. The molecule has 2 nitrogen and oxygen atoms in total. The van der Waals surface area contributed by atoms with Crippen molar-refractivity contribution in [3.8, 4) is 11.5 Å². The number of hydrogen-bond acceptors (Lipinski definition) is 2. The van der Waals surface area contributed by atoms with Crippen molar-refractivity contribution in [2.45, 2.75) is 5.92 Å². The van der Waals surface area contributed by atoms with Crippen molar-refractivity contribution in [3.05, 3.63) is 95.6 Å². The predicted molar refractivity (Wildman–Crippen MR) is 88.5 cm³/mol. The summed E-state index contributed by atoms with van der Waals surface area (Å²) in [7, 11) is 1.57. The van der Waals surface area contributed by atoms with Gasteiger partial charge in [0, 0.05) is 5.92 Å². The molecule has 0 heterocycles. The lowest BCUT2D eigenvalue weighted by Crippen LogP contribution is -2.03. The molecule has 0 atom stereocenters. The summed E-state index contributed by atoms with van der Waals surface area (Å²) < 4.78 is 5.26. The highest BCUT2D eigenvalue weighted by atomic mass is 16.5. The van der Waals surface area contributed by atoms with Gasteiger partial charge in [0.15, 0.2) is 11.5 Å². The molecule has 22 heavy (non-hydrogen) atoms. The van der Waals surface area contributed by atoms with E-state index >= 15 is 0 Å². The van der Waals surface area contributed by atoms with E-state index in [-0.39, 0.29) is 11.7 Å². The van der Waals surface area contributed by atoms with Crippen molar-refractivity contribution < 1.29 is 9.84 Å². The first-order chi connectivity index (χ1) is 10.8. The summed E-state index contributed by atoms with van der Waals surface area (Å²) in [6, 6.07) is 26.2. The molecule has 0 bridgehead atoms. The van der Waals surface area contributed by atoms with Gasteiger partial charge in [0.1, 0.15) is 0 Å². The summed E-state index contributed by atoms with van der Waals surface area (Å²) in [5.41, 5.74) is 3.51. The van der Waals surface area contributed by atoms with Gasteiger partial charge >= 0.3 is 0 Å². The number of benzene rings is 3. The Kier molecular flexibility index (Phi) is 4.10. The Bertz CT molecular complexity index is 697. The topological polar surface area (TPSA) is 29.5 Å². The van der Waals surface area contributed by atoms with Crippen LogP contribution >= 0.6 is 0 Å². The first kappa shape index (κ1) is 14.2. The second kappa shape index (κ2) is 6.35. The van der Waals surface area contributed by atoms with Gasteiger partial charge in [-0.1, -0.05) is 66.7 Å². The maximum Gasteiger partial charge on any atom is 0.160 e. The summed E-state index contributed by atoms with van der Waals surface area (Å²) in [4.78, 5) is 0. The molecule has 0 spiro atoms. The van der Waals surface area contributed by atoms with Crippen LogP contribution in [0.25, 0.3) is 0 Å². The van der Waals surface area contributed by atoms with Gasteiger partial charge in [0.2, 0.25) is 0 Å². The quantitative estimate of drug-likeness (QED) is 0.713. The van der Waals surface area contributed by atoms with Gasteiger partial charge in [-0.15, -0.1) is 0 Å².